The van der Waals surface area contributed by atoms with Crippen molar-refractivity contribution >= 4 is 11.7 Å². The van der Waals surface area contributed by atoms with Crippen molar-refractivity contribution in [2.75, 3.05) is 19.0 Å². The van der Waals surface area contributed by atoms with Crippen LogP contribution < -0.4 is 14.8 Å². The van der Waals surface area contributed by atoms with Gasteiger partial charge in [0.15, 0.2) is 11.5 Å². The highest BCUT2D eigenvalue weighted by atomic mass is 16.5. The molecule has 148 valence electrons. The van der Waals surface area contributed by atoms with Crippen LogP contribution in [0.5, 0.6) is 11.5 Å². The Bertz CT molecular complexity index is 928. The number of aryl methyl sites for hydroxylation is 1. The molecule has 1 fully saturated rings. The molecule has 1 amide bonds. The van der Waals surface area contributed by atoms with Crippen molar-refractivity contribution in [3.05, 3.63) is 47.2 Å². The predicted molar refractivity (Wildman–Crippen MR) is 108 cm³/mol. The van der Waals surface area contributed by atoms with Gasteiger partial charge in [-0.2, -0.15) is 5.10 Å². The molecule has 0 bridgehead atoms. The third-order valence-corrected chi connectivity index (χ3v) is 5.50. The molecule has 2 heterocycles. The first-order valence-electron chi connectivity index (χ1n) is 9.88. The SMILES string of the molecule is C=CCc1cc(C2CC(=O)Nc3c2c(C2CC2)nn3C)cc(OCC)c1OC. The molecule has 1 unspecified atom stereocenters. The van der Waals surface area contributed by atoms with Gasteiger partial charge >= 0.3 is 0 Å². The van der Waals surface area contributed by atoms with Gasteiger partial charge in [-0.05, 0) is 37.8 Å². The zero-order chi connectivity index (χ0) is 19.8. The summed E-state index contributed by atoms with van der Waals surface area (Å²) in [5, 5.41) is 7.77. The third-order valence-electron chi connectivity index (χ3n) is 5.50. The van der Waals surface area contributed by atoms with Crippen LogP contribution in [-0.2, 0) is 18.3 Å². The number of hydrogen-bond acceptors (Lipinski definition) is 4. The molecule has 0 saturated heterocycles. The van der Waals surface area contributed by atoms with E-state index >= 15 is 0 Å². The minimum absolute atomic E-state index is 0.0156. The zero-order valence-electron chi connectivity index (χ0n) is 16.7. The number of rotatable bonds is 7. The fourth-order valence-electron chi connectivity index (χ4n) is 4.15. The van der Waals surface area contributed by atoms with Gasteiger partial charge in [-0.3, -0.25) is 9.48 Å². The van der Waals surface area contributed by atoms with Gasteiger partial charge in [-0.15, -0.1) is 6.58 Å². The van der Waals surface area contributed by atoms with Crippen molar-refractivity contribution in [1.29, 1.82) is 0 Å². The van der Waals surface area contributed by atoms with Crippen LogP contribution in [0, 0.1) is 0 Å². The molecule has 1 aliphatic carbocycles. The van der Waals surface area contributed by atoms with E-state index in [9.17, 15) is 4.79 Å². The average Bonchev–Trinajstić information content (AvgIpc) is 3.46. The van der Waals surface area contributed by atoms with E-state index in [0.29, 0.717) is 31.1 Å². The fraction of sp³-hybridized carbons (Fsp3) is 0.455. The van der Waals surface area contributed by atoms with Crippen molar-refractivity contribution in [3.63, 3.8) is 0 Å². The van der Waals surface area contributed by atoms with Crippen molar-refractivity contribution in [2.24, 2.45) is 7.05 Å². The summed E-state index contributed by atoms with van der Waals surface area (Å²) in [5.41, 5.74) is 4.36. The van der Waals surface area contributed by atoms with E-state index in [-0.39, 0.29) is 11.8 Å². The Balaban J connectivity index is 1.87. The number of allylic oxidation sites excluding steroid dienone is 1. The molecule has 4 rings (SSSR count). The summed E-state index contributed by atoms with van der Waals surface area (Å²) in [4.78, 5) is 12.5. The van der Waals surface area contributed by atoms with Crippen LogP contribution in [0.15, 0.2) is 24.8 Å². The van der Waals surface area contributed by atoms with Crippen molar-refractivity contribution in [2.45, 2.75) is 44.4 Å². The Hall–Kier alpha value is -2.76. The minimum atomic E-state index is -0.0401. The molecule has 1 saturated carbocycles. The Morgan fingerprint density at radius 2 is 2.18 bits per heavy atom. The maximum atomic E-state index is 12.5. The van der Waals surface area contributed by atoms with Crippen molar-refractivity contribution in [1.82, 2.24) is 9.78 Å². The normalized spacial score (nSPS) is 18.4. The largest absolute Gasteiger partial charge is 0.493 e. The maximum absolute atomic E-state index is 12.5. The lowest BCUT2D eigenvalue weighted by Gasteiger charge is -2.26. The van der Waals surface area contributed by atoms with Gasteiger partial charge in [0.2, 0.25) is 5.91 Å². The Morgan fingerprint density at radius 1 is 1.39 bits per heavy atom. The Morgan fingerprint density at radius 3 is 2.82 bits per heavy atom. The molecule has 1 aromatic heterocycles. The minimum Gasteiger partial charge on any atom is -0.493 e. The molecular formula is C22H27N3O3. The molecule has 28 heavy (non-hydrogen) atoms. The molecule has 2 aromatic rings. The quantitative estimate of drug-likeness (QED) is 0.739. The first-order chi connectivity index (χ1) is 13.6. The monoisotopic (exact) mass is 381 g/mol. The van der Waals surface area contributed by atoms with E-state index in [0.717, 1.165) is 34.0 Å². The smallest absolute Gasteiger partial charge is 0.226 e. The molecule has 0 radical (unpaired) electrons. The summed E-state index contributed by atoms with van der Waals surface area (Å²) in [6, 6.07) is 4.14. The Labute approximate surface area is 165 Å². The highest BCUT2D eigenvalue weighted by molar-refractivity contribution is 5.94. The lowest BCUT2D eigenvalue weighted by atomic mass is 9.83. The highest BCUT2D eigenvalue weighted by Crippen LogP contribution is 2.49. The topological polar surface area (TPSA) is 65.4 Å². The molecule has 6 nitrogen and oxygen atoms in total. The number of amides is 1. The number of carbonyl (C=O) groups is 1. The number of anilines is 1. The molecular weight excluding hydrogens is 354 g/mol. The lowest BCUT2D eigenvalue weighted by molar-refractivity contribution is -0.116. The van der Waals surface area contributed by atoms with Gasteiger partial charge in [-0.25, -0.2) is 0 Å². The third kappa shape index (κ3) is 3.17. The number of nitrogens with zero attached hydrogens (tertiary/aromatic N) is 2. The maximum Gasteiger partial charge on any atom is 0.226 e. The number of ether oxygens (including phenoxy) is 2. The number of nitrogens with one attached hydrogen (secondary N) is 1. The van der Waals surface area contributed by atoms with Crippen LogP contribution in [-0.4, -0.2) is 29.4 Å². The van der Waals surface area contributed by atoms with Crippen LogP contribution in [0.2, 0.25) is 0 Å². The van der Waals surface area contributed by atoms with E-state index in [1.807, 2.05) is 30.8 Å². The summed E-state index contributed by atoms with van der Waals surface area (Å²) in [7, 11) is 3.55. The number of hydrogen-bond donors (Lipinski definition) is 1. The van der Waals surface area contributed by atoms with Crippen molar-refractivity contribution in [3.8, 4) is 11.5 Å². The van der Waals surface area contributed by atoms with Gasteiger partial charge in [-0.1, -0.05) is 12.1 Å². The molecule has 2 aliphatic rings. The molecule has 1 aromatic carbocycles. The van der Waals surface area contributed by atoms with E-state index in [1.54, 1.807) is 7.11 Å². The average molecular weight is 381 g/mol. The summed E-state index contributed by atoms with van der Waals surface area (Å²) in [6.07, 6.45) is 5.27. The van der Waals surface area contributed by atoms with E-state index in [4.69, 9.17) is 14.6 Å². The van der Waals surface area contributed by atoms with E-state index in [2.05, 4.69) is 18.0 Å². The van der Waals surface area contributed by atoms with Gasteiger partial charge in [0.05, 0.1) is 19.4 Å². The second-order valence-corrected chi connectivity index (χ2v) is 7.49. The number of methoxy groups -OCH3 is 1. The second-order valence-electron chi connectivity index (χ2n) is 7.49. The first kappa shape index (κ1) is 18.6. The van der Waals surface area contributed by atoms with Crippen LogP contribution in [0.1, 0.15) is 60.4 Å². The van der Waals surface area contributed by atoms with Crippen LogP contribution in [0.4, 0.5) is 5.82 Å². The second kappa shape index (κ2) is 7.34. The van der Waals surface area contributed by atoms with Gasteiger partial charge in [0, 0.05) is 36.4 Å². The summed E-state index contributed by atoms with van der Waals surface area (Å²) in [6.45, 7) is 6.37. The van der Waals surface area contributed by atoms with Crippen molar-refractivity contribution < 1.29 is 14.3 Å². The van der Waals surface area contributed by atoms with Crippen LogP contribution in [0.3, 0.4) is 0 Å². The summed E-state index contributed by atoms with van der Waals surface area (Å²) in [5.74, 6) is 2.75. The van der Waals surface area contributed by atoms with Gasteiger partial charge in [0.1, 0.15) is 5.82 Å². The fourth-order valence-corrected chi connectivity index (χ4v) is 4.15. The molecule has 0 spiro atoms. The Kier molecular flexibility index (Phi) is 4.87. The van der Waals surface area contributed by atoms with Gasteiger partial charge < -0.3 is 14.8 Å². The first-order valence-corrected chi connectivity index (χ1v) is 9.88. The number of aromatic nitrogens is 2. The molecule has 1 atom stereocenters. The van der Waals surface area contributed by atoms with Gasteiger partial charge in [0.25, 0.3) is 0 Å². The van der Waals surface area contributed by atoms with Crippen LogP contribution >= 0.6 is 0 Å². The molecule has 6 heteroatoms. The predicted octanol–water partition coefficient (Wildman–Crippen LogP) is 3.91. The summed E-state index contributed by atoms with van der Waals surface area (Å²) < 4.78 is 13.3. The molecule has 1 N–H and O–H groups in total. The summed E-state index contributed by atoms with van der Waals surface area (Å²) >= 11 is 0. The van der Waals surface area contributed by atoms with E-state index in [1.165, 1.54) is 12.8 Å². The number of carbonyl (C=O) groups excluding carboxylic acids is 1. The standard InChI is InChI=1S/C22H27N3O3/c1-5-7-14-10-15(11-17(28-6-2)21(14)27-4)16-12-18(26)23-22-19(16)20(13-8-9-13)24-25(22)3/h5,10-11,13,16H,1,6-9,12H2,2-4H3,(H,23,26). The van der Waals surface area contributed by atoms with Crippen LogP contribution in [0.25, 0.3) is 0 Å². The van der Waals surface area contributed by atoms with E-state index < -0.39 is 0 Å². The number of fused-ring (bicyclic) bond motifs is 1. The highest BCUT2D eigenvalue weighted by Gasteiger charge is 2.38. The zero-order valence-corrected chi connectivity index (χ0v) is 16.7. The lowest BCUT2D eigenvalue weighted by Crippen LogP contribution is -2.25. The molecule has 1 aliphatic heterocycles. The number of benzene rings is 1.